The molecule has 1 aromatic carbocycles. The highest BCUT2D eigenvalue weighted by atomic mass is 16.7. The third-order valence-corrected chi connectivity index (χ3v) is 7.61. The van der Waals surface area contributed by atoms with Crippen LogP contribution in [0.5, 0.6) is 17.2 Å². The van der Waals surface area contributed by atoms with Gasteiger partial charge in [0.15, 0.2) is 11.5 Å². The maximum Gasteiger partial charge on any atom is 0.255 e. The number of aromatic nitrogens is 3. The fourth-order valence-electron chi connectivity index (χ4n) is 5.40. The molecule has 0 spiro atoms. The van der Waals surface area contributed by atoms with E-state index >= 15 is 0 Å². The Labute approximate surface area is 214 Å². The van der Waals surface area contributed by atoms with Gasteiger partial charge in [-0.1, -0.05) is 6.42 Å². The van der Waals surface area contributed by atoms with Gasteiger partial charge >= 0.3 is 0 Å². The number of H-pyrrole nitrogens is 1. The van der Waals surface area contributed by atoms with Crippen LogP contribution in [0.1, 0.15) is 62.2 Å². The van der Waals surface area contributed by atoms with Crippen molar-refractivity contribution in [3.63, 3.8) is 0 Å². The van der Waals surface area contributed by atoms with Gasteiger partial charge in [0.1, 0.15) is 23.3 Å². The van der Waals surface area contributed by atoms with Crippen LogP contribution >= 0.6 is 0 Å². The molecule has 10 nitrogen and oxygen atoms in total. The molecule has 2 fully saturated rings. The number of hydrogen-bond acceptors (Lipinski definition) is 7. The predicted molar refractivity (Wildman–Crippen MR) is 136 cm³/mol. The van der Waals surface area contributed by atoms with Crippen LogP contribution in [0.4, 0.5) is 0 Å². The zero-order chi connectivity index (χ0) is 25.4. The number of nitrogens with one attached hydrogen (secondary N) is 3. The largest absolute Gasteiger partial charge is 0.492 e. The van der Waals surface area contributed by atoms with E-state index in [2.05, 4.69) is 25.6 Å². The number of amides is 2. The molecule has 6 rings (SSSR count). The van der Waals surface area contributed by atoms with Crippen LogP contribution in [0.2, 0.25) is 0 Å². The van der Waals surface area contributed by atoms with Crippen molar-refractivity contribution in [3.05, 3.63) is 30.2 Å². The molecular weight excluding hydrogens is 474 g/mol. The number of ether oxygens (including phenoxy) is 3. The molecule has 0 bridgehead atoms. The molecule has 3 heterocycles. The van der Waals surface area contributed by atoms with Gasteiger partial charge < -0.3 is 29.8 Å². The molecule has 3 N–H and O–H groups in total. The normalized spacial score (nSPS) is 20.9. The maximum absolute atomic E-state index is 13.2. The number of hydrogen-bond donors (Lipinski definition) is 3. The van der Waals surface area contributed by atoms with E-state index in [4.69, 9.17) is 14.2 Å². The van der Waals surface area contributed by atoms with E-state index in [-0.39, 0.29) is 30.7 Å². The lowest BCUT2D eigenvalue weighted by molar-refractivity contribution is -0.119. The molecule has 194 valence electrons. The highest BCUT2D eigenvalue weighted by Gasteiger charge is 2.29. The third kappa shape index (κ3) is 4.68. The van der Waals surface area contributed by atoms with Crippen molar-refractivity contribution in [2.45, 2.75) is 64.0 Å². The number of fused-ring (bicyclic) bond motifs is 2. The van der Waals surface area contributed by atoms with Crippen molar-refractivity contribution in [3.8, 4) is 28.5 Å². The zero-order valence-electron chi connectivity index (χ0n) is 20.8. The summed E-state index contributed by atoms with van der Waals surface area (Å²) in [7, 11) is 0. The molecule has 0 radical (unpaired) electrons. The highest BCUT2D eigenvalue weighted by molar-refractivity contribution is 6.08. The minimum Gasteiger partial charge on any atom is -0.492 e. The minimum atomic E-state index is -0.182. The molecule has 0 unspecified atom stereocenters. The van der Waals surface area contributed by atoms with Crippen molar-refractivity contribution in [1.29, 1.82) is 0 Å². The fourth-order valence-corrected chi connectivity index (χ4v) is 5.40. The van der Waals surface area contributed by atoms with Crippen molar-refractivity contribution in [2.24, 2.45) is 5.92 Å². The van der Waals surface area contributed by atoms with Gasteiger partial charge in [0.05, 0.1) is 23.3 Å². The van der Waals surface area contributed by atoms with E-state index < -0.39 is 0 Å². The summed E-state index contributed by atoms with van der Waals surface area (Å²) < 4.78 is 17.7. The number of rotatable bonds is 7. The van der Waals surface area contributed by atoms with Gasteiger partial charge in [-0.25, -0.2) is 9.97 Å². The Kier molecular flexibility index (Phi) is 6.31. The van der Waals surface area contributed by atoms with E-state index in [1.807, 2.05) is 12.1 Å². The summed E-state index contributed by atoms with van der Waals surface area (Å²) in [4.78, 5) is 36.8. The molecule has 0 atom stereocenters. The second kappa shape index (κ2) is 9.91. The van der Waals surface area contributed by atoms with Gasteiger partial charge in [-0.15, -0.1) is 0 Å². The summed E-state index contributed by atoms with van der Waals surface area (Å²) >= 11 is 0. The van der Waals surface area contributed by atoms with Crippen LogP contribution in [-0.4, -0.2) is 52.2 Å². The smallest absolute Gasteiger partial charge is 0.255 e. The topological polar surface area (TPSA) is 127 Å². The number of carbonyl (C=O) groups is 2. The Balaban J connectivity index is 1.26. The van der Waals surface area contributed by atoms with Crippen LogP contribution in [0.25, 0.3) is 22.3 Å². The monoisotopic (exact) mass is 505 g/mol. The predicted octanol–water partition coefficient (Wildman–Crippen LogP) is 3.71. The van der Waals surface area contributed by atoms with Crippen molar-refractivity contribution in [1.82, 2.24) is 25.6 Å². The molecule has 3 aromatic rings. The van der Waals surface area contributed by atoms with E-state index in [1.165, 1.54) is 32.5 Å². The lowest BCUT2D eigenvalue weighted by atomic mass is 9.86. The fraction of sp³-hybridized carbons (Fsp3) is 0.481. The summed E-state index contributed by atoms with van der Waals surface area (Å²) in [5.41, 5.74) is 2.94. The van der Waals surface area contributed by atoms with Gasteiger partial charge in [0.2, 0.25) is 12.7 Å². The van der Waals surface area contributed by atoms with Gasteiger partial charge in [0, 0.05) is 25.2 Å². The van der Waals surface area contributed by atoms with Crippen LogP contribution in [0, 0.1) is 5.92 Å². The first-order valence-corrected chi connectivity index (χ1v) is 13.0. The molecule has 2 amide bonds. The highest BCUT2D eigenvalue weighted by Crippen LogP contribution is 2.48. The Morgan fingerprint density at radius 2 is 1.84 bits per heavy atom. The molecule has 10 heteroatoms. The first kappa shape index (κ1) is 23.6. The lowest BCUT2D eigenvalue weighted by Crippen LogP contribution is -2.43. The van der Waals surface area contributed by atoms with E-state index in [1.54, 1.807) is 6.20 Å². The zero-order valence-corrected chi connectivity index (χ0v) is 20.8. The van der Waals surface area contributed by atoms with Crippen molar-refractivity contribution < 1.29 is 23.8 Å². The molecular formula is C27H31N5O5. The molecule has 2 saturated carbocycles. The van der Waals surface area contributed by atoms with Gasteiger partial charge in [-0.05, 0) is 56.6 Å². The summed E-state index contributed by atoms with van der Waals surface area (Å²) in [5, 5.41) is 6.11. The lowest BCUT2D eigenvalue weighted by Gasteiger charge is -2.29. The molecule has 0 saturated heterocycles. The first-order valence-electron chi connectivity index (χ1n) is 13.0. The Morgan fingerprint density at radius 3 is 2.57 bits per heavy atom. The summed E-state index contributed by atoms with van der Waals surface area (Å²) in [6.07, 6.45) is 10.1. The summed E-state index contributed by atoms with van der Waals surface area (Å²) in [6, 6.07) is 3.98. The SMILES string of the molecule is CC(=O)N[C@H]1CC[C@H](NC(=O)c2c[nH]c3c(-c4c(OCC5CCC5)ccc5c4OCO5)ncnc23)CC1. The molecule has 37 heavy (non-hydrogen) atoms. The van der Waals surface area contributed by atoms with E-state index in [0.717, 1.165) is 25.7 Å². The van der Waals surface area contributed by atoms with Crippen molar-refractivity contribution >= 4 is 22.8 Å². The van der Waals surface area contributed by atoms with Crippen LogP contribution in [-0.2, 0) is 4.79 Å². The molecule has 3 aliphatic rings. The Hall–Kier alpha value is -3.82. The molecule has 2 aliphatic carbocycles. The van der Waals surface area contributed by atoms with Gasteiger partial charge in [-0.2, -0.15) is 0 Å². The average Bonchev–Trinajstić information content (AvgIpc) is 3.51. The quantitative estimate of drug-likeness (QED) is 0.447. The van der Waals surface area contributed by atoms with Crippen LogP contribution in [0.3, 0.4) is 0 Å². The number of nitrogens with zero attached hydrogens (tertiary/aromatic N) is 2. The average molecular weight is 506 g/mol. The number of benzene rings is 1. The maximum atomic E-state index is 13.2. The number of carbonyl (C=O) groups excluding carboxylic acids is 2. The van der Waals surface area contributed by atoms with E-state index in [9.17, 15) is 9.59 Å². The standard InChI is InChI=1S/C27H31N5O5/c1-15(33)31-17-5-7-18(8-6-17)32-27(34)19-11-28-25-23(19)29-13-30-24(25)22-20(35-12-16-3-2-4-16)9-10-21-26(22)37-14-36-21/h9-11,13,16-18,28H,2-8,12,14H2,1H3,(H,31,33)(H,32,34)/t17-,18-. The van der Waals surface area contributed by atoms with Crippen molar-refractivity contribution in [2.75, 3.05) is 13.4 Å². The molecule has 2 aromatic heterocycles. The second-order valence-electron chi connectivity index (χ2n) is 10.2. The van der Waals surface area contributed by atoms with Crippen LogP contribution < -0.4 is 24.8 Å². The molecule has 1 aliphatic heterocycles. The first-order chi connectivity index (χ1) is 18.1. The Bertz CT molecular complexity index is 1330. The summed E-state index contributed by atoms with van der Waals surface area (Å²) in [6.45, 7) is 2.31. The van der Waals surface area contributed by atoms with E-state index in [0.29, 0.717) is 57.6 Å². The Morgan fingerprint density at radius 1 is 1.05 bits per heavy atom. The summed E-state index contributed by atoms with van der Waals surface area (Å²) in [5.74, 6) is 2.27. The minimum absolute atomic E-state index is 0.0145. The number of aromatic amines is 1. The third-order valence-electron chi connectivity index (χ3n) is 7.61. The van der Waals surface area contributed by atoms with Gasteiger partial charge in [-0.3, -0.25) is 9.59 Å². The second-order valence-corrected chi connectivity index (χ2v) is 10.2. The van der Waals surface area contributed by atoms with Crippen LogP contribution in [0.15, 0.2) is 24.7 Å². The van der Waals surface area contributed by atoms with Gasteiger partial charge in [0.25, 0.3) is 5.91 Å².